The summed E-state index contributed by atoms with van der Waals surface area (Å²) in [6, 6.07) is 7.83. The number of para-hydroxylation sites is 1. The summed E-state index contributed by atoms with van der Waals surface area (Å²) in [6.07, 6.45) is 6.71. The SMILES string of the molecule is [S]c1ccccc1OC1CCCCC1. The van der Waals surface area contributed by atoms with E-state index in [-0.39, 0.29) is 0 Å². The Kier molecular flexibility index (Phi) is 3.25. The van der Waals surface area contributed by atoms with E-state index in [0.717, 1.165) is 10.6 Å². The van der Waals surface area contributed by atoms with Crippen molar-refractivity contribution in [3.8, 4) is 5.75 Å². The van der Waals surface area contributed by atoms with E-state index in [0.29, 0.717) is 6.10 Å². The van der Waals surface area contributed by atoms with Crippen LogP contribution in [0.2, 0.25) is 0 Å². The van der Waals surface area contributed by atoms with Crippen molar-refractivity contribution in [2.24, 2.45) is 0 Å². The molecule has 0 heterocycles. The van der Waals surface area contributed by atoms with Crippen LogP contribution in [0.25, 0.3) is 0 Å². The topological polar surface area (TPSA) is 9.23 Å². The van der Waals surface area contributed by atoms with Gasteiger partial charge in [0, 0.05) is 0 Å². The highest BCUT2D eigenvalue weighted by atomic mass is 32.1. The summed E-state index contributed by atoms with van der Waals surface area (Å²) in [4.78, 5) is 0.832. The van der Waals surface area contributed by atoms with Crippen LogP contribution in [-0.4, -0.2) is 6.10 Å². The van der Waals surface area contributed by atoms with Crippen LogP contribution < -0.4 is 4.74 Å². The number of benzene rings is 1. The molecule has 0 unspecified atom stereocenters. The summed E-state index contributed by atoms with van der Waals surface area (Å²) in [5.41, 5.74) is 0. The number of ether oxygens (including phenoxy) is 1. The maximum absolute atomic E-state index is 5.88. The number of rotatable bonds is 2. The van der Waals surface area contributed by atoms with Gasteiger partial charge in [0.25, 0.3) is 0 Å². The van der Waals surface area contributed by atoms with E-state index in [1.54, 1.807) is 0 Å². The van der Waals surface area contributed by atoms with Crippen molar-refractivity contribution >= 4 is 12.6 Å². The molecule has 1 nitrogen and oxygen atoms in total. The van der Waals surface area contributed by atoms with E-state index in [4.69, 9.17) is 17.4 Å². The molecule has 0 aromatic heterocycles. The van der Waals surface area contributed by atoms with Gasteiger partial charge in [-0.05, 0) is 37.8 Å². The lowest BCUT2D eigenvalue weighted by Gasteiger charge is -2.23. The first-order chi connectivity index (χ1) is 6.86. The highest BCUT2D eigenvalue weighted by Crippen LogP contribution is 2.27. The molecule has 0 saturated heterocycles. The van der Waals surface area contributed by atoms with Crippen LogP contribution in [0.15, 0.2) is 29.2 Å². The molecular formula is C12H15OS. The normalized spacial score (nSPS) is 18.0. The van der Waals surface area contributed by atoms with Gasteiger partial charge in [-0.25, -0.2) is 0 Å². The Morgan fingerprint density at radius 1 is 1.07 bits per heavy atom. The monoisotopic (exact) mass is 207 g/mol. The molecule has 0 amide bonds. The van der Waals surface area contributed by atoms with Crippen LogP contribution in [0, 0.1) is 0 Å². The lowest BCUT2D eigenvalue weighted by molar-refractivity contribution is 0.151. The molecule has 1 aliphatic rings. The zero-order valence-corrected chi connectivity index (χ0v) is 9.06. The molecule has 1 fully saturated rings. The van der Waals surface area contributed by atoms with Crippen LogP contribution in [0.4, 0.5) is 0 Å². The molecule has 2 rings (SSSR count). The lowest BCUT2D eigenvalue weighted by Crippen LogP contribution is -2.19. The van der Waals surface area contributed by atoms with Crippen molar-refractivity contribution in [1.29, 1.82) is 0 Å². The quantitative estimate of drug-likeness (QED) is 0.713. The Morgan fingerprint density at radius 3 is 2.50 bits per heavy atom. The zero-order chi connectivity index (χ0) is 9.80. The fourth-order valence-electron chi connectivity index (χ4n) is 1.91. The molecule has 1 aliphatic carbocycles. The minimum atomic E-state index is 0.396. The maximum atomic E-state index is 5.88. The molecule has 75 valence electrons. The highest BCUT2D eigenvalue weighted by molar-refractivity contribution is 7.80. The predicted octanol–water partition coefficient (Wildman–Crippen LogP) is 3.95. The second kappa shape index (κ2) is 4.65. The summed E-state index contributed by atoms with van der Waals surface area (Å²) in [5.74, 6) is 0.884. The Morgan fingerprint density at radius 2 is 1.79 bits per heavy atom. The maximum Gasteiger partial charge on any atom is 0.137 e. The van der Waals surface area contributed by atoms with Crippen molar-refractivity contribution in [3.05, 3.63) is 24.3 Å². The van der Waals surface area contributed by atoms with Gasteiger partial charge in [0.1, 0.15) is 5.75 Å². The molecule has 2 heteroatoms. The third-order valence-electron chi connectivity index (χ3n) is 2.69. The Balaban J connectivity index is 1.99. The predicted molar refractivity (Wildman–Crippen MR) is 59.8 cm³/mol. The van der Waals surface area contributed by atoms with E-state index in [1.807, 2.05) is 24.3 Å². The van der Waals surface area contributed by atoms with E-state index >= 15 is 0 Å². The first-order valence-electron chi connectivity index (χ1n) is 5.29. The van der Waals surface area contributed by atoms with Gasteiger partial charge in [-0.1, -0.05) is 31.2 Å². The van der Waals surface area contributed by atoms with Crippen LogP contribution in [0.3, 0.4) is 0 Å². The van der Waals surface area contributed by atoms with Crippen molar-refractivity contribution < 1.29 is 4.74 Å². The Labute approximate surface area is 90.9 Å². The highest BCUT2D eigenvalue weighted by Gasteiger charge is 2.15. The van der Waals surface area contributed by atoms with Crippen LogP contribution in [0.5, 0.6) is 5.75 Å². The first-order valence-corrected chi connectivity index (χ1v) is 5.70. The smallest absolute Gasteiger partial charge is 0.137 e. The van der Waals surface area contributed by atoms with Crippen molar-refractivity contribution in [2.45, 2.75) is 43.1 Å². The summed E-state index contributed by atoms with van der Waals surface area (Å²) in [7, 11) is 0. The van der Waals surface area contributed by atoms with Crippen molar-refractivity contribution in [3.63, 3.8) is 0 Å². The van der Waals surface area contributed by atoms with Crippen LogP contribution >= 0.6 is 12.6 Å². The molecule has 1 aromatic carbocycles. The van der Waals surface area contributed by atoms with E-state index in [9.17, 15) is 0 Å². The third kappa shape index (κ3) is 2.38. The van der Waals surface area contributed by atoms with E-state index in [2.05, 4.69) is 0 Å². The van der Waals surface area contributed by atoms with Gasteiger partial charge >= 0.3 is 0 Å². The van der Waals surface area contributed by atoms with Crippen LogP contribution in [-0.2, 0) is 0 Å². The fraction of sp³-hybridized carbons (Fsp3) is 0.500. The molecule has 0 atom stereocenters. The van der Waals surface area contributed by atoms with Crippen molar-refractivity contribution in [1.82, 2.24) is 0 Å². The molecule has 1 aromatic rings. The lowest BCUT2D eigenvalue weighted by atomic mass is 9.98. The van der Waals surface area contributed by atoms with Gasteiger partial charge in [0.15, 0.2) is 0 Å². The molecule has 1 saturated carbocycles. The second-order valence-electron chi connectivity index (χ2n) is 3.82. The van der Waals surface area contributed by atoms with Gasteiger partial charge < -0.3 is 4.74 Å². The Bertz CT molecular complexity index is 292. The van der Waals surface area contributed by atoms with Gasteiger partial charge in [0.2, 0.25) is 0 Å². The van der Waals surface area contributed by atoms with Gasteiger partial charge in [-0.2, -0.15) is 0 Å². The average molecular weight is 207 g/mol. The van der Waals surface area contributed by atoms with Crippen LogP contribution in [0.1, 0.15) is 32.1 Å². The molecule has 0 bridgehead atoms. The van der Waals surface area contributed by atoms with Crippen molar-refractivity contribution in [2.75, 3.05) is 0 Å². The summed E-state index contributed by atoms with van der Waals surface area (Å²) < 4.78 is 5.88. The van der Waals surface area contributed by atoms with E-state index in [1.165, 1.54) is 32.1 Å². The van der Waals surface area contributed by atoms with Gasteiger partial charge in [0.05, 0.1) is 11.0 Å². The summed E-state index contributed by atoms with van der Waals surface area (Å²) >= 11 is 5.20. The largest absolute Gasteiger partial charge is 0.489 e. The molecule has 0 N–H and O–H groups in total. The van der Waals surface area contributed by atoms with Gasteiger partial charge in [-0.3, -0.25) is 0 Å². The minimum Gasteiger partial charge on any atom is -0.489 e. The molecule has 0 aliphatic heterocycles. The van der Waals surface area contributed by atoms with E-state index < -0.39 is 0 Å². The fourth-order valence-corrected chi connectivity index (χ4v) is 2.10. The molecule has 1 radical (unpaired) electrons. The summed E-state index contributed by atoms with van der Waals surface area (Å²) in [5, 5.41) is 0. The number of hydrogen-bond donors (Lipinski definition) is 0. The second-order valence-corrected chi connectivity index (χ2v) is 4.26. The molecular weight excluding hydrogens is 192 g/mol. The first kappa shape index (κ1) is 9.78. The number of hydrogen-bond acceptors (Lipinski definition) is 1. The molecule has 14 heavy (non-hydrogen) atoms. The zero-order valence-electron chi connectivity index (χ0n) is 8.24. The van der Waals surface area contributed by atoms with Gasteiger partial charge in [-0.15, -0.1) is 0 Å². The third-order valence-corrected chi connectivity index (χ3v) is 3.03. The minimum absolute atomic E-state index is 0.396. The molecule has 0 spiro atoms. The Hall–Kier alpha value is -0.760. The standard InChI is InChI=1S/C12H15OS/c14-12-9-5-4-8-11(12)13-10-6-2-1-3-7-10/h4-5,8-10H,1-3,6-7H2. The average Bonchev–Trinajstić information content (AvgIpc) is 2.23. The summed E-state index contributed by atoms with van der Waals surface area (Å²) in [6.45, 7) is 0.